The highest BCUT2D eigenvalue weighted by Gasteiger charge is 2.32. The Bertz CT molecular complexity index is 762. The summed E-state index contributed by atoms with van der Waals surface area (Å²) in [6.07, 6.45) is 4.25. The van der Waals surface area contributed by atoms with Crippen LogP contribution >= 0.6 is 0 Å². The molecule has 2 fully saturated rings. The molecule has 0 aromatic heterocycles. The molecular weight excluding hydrogens is 375 g/mol. The molecule has 160 valence electrons. The van der Waals surface area contributed by atoms with Gasteiger partial charge < -0.3 is 14.7 Å². The second-order valence-corrected chi connectivity index (χ2v) is 8.98. The van der Waals surface area contributed by atoms with E-state index in [1.54, 1.807) is 6.07 Å². The number of nitro groups is 1. The van der Waals surface area contributed by atoms with Gasteiger partial charge in [-0.05, 0) is 18.9 Å². The second kappa shape index (κ2) is 8.55. The van der Waals surface area contributed by atoms with Gasteiger partial charge in [0.15, 0.2) is 5.82 Å². The third-order valence-corrected chi connectivity index (χ3v) is 5.74. The van der Waals surface area contributed by atoms with Gasteiger partial charge in [-0.15, -0.1) is 0 Å². The number of halogens is 1. The number of carbonyl (C=O) groups excluding carboxylic acids is 1. The van der Waals surface area contributed by atoms with Crippen LogP contribution in [0, 0.1) is 21.3 Å². The van der Waals surface area contributed by atoms with Crippen molar-refractivity contribution < 1.29 is 14.1 Å². The summed E-state index contributed by atoms with van der Waals surface area (Å²) in [6, 6.07) is 2.70. The molecule has 0 N–H and O–H groups in total. The van der Waals surface area contributed by atoms with Crippen molar-refractivity contribution in [3.63, 3.8) is 0 Å². The maximum Gasteiger partial charge on any atom is 0.295 e. The Labute approximate surface area is 171 Å². The van der Waals surface area contributed by atoms with Crippen LogP contribution in [0.4, 0.5) is 21.5 Å². The van der Waals surface area contributed by atoms with E-state index in [0.29, 0.717) is 37.6 Å². The van der Waals surface area contributed by atoms with Gasteiger partial charge in [0.1, 0.15) is 5.69 Å². The first-order chi connectivity index (χ1) is 13.7. The number of benzene rings is 1. The standard InChI is InChI=1S/C21H31FN4O3/c1-21(2,3)20(27)25-12-10-24(11-13-25)18-15-17(16(22)14-19(18)26(28)29)23-8-6-4-5-7-9-23/h14-15H,4-13H2,1-3H3. The van der Waals surface area contributed by atoms with Gasteiger partial charge in [-0.3, -0.25) is 14.9 Å². The summed E-state index contributed by atoms with van der Waals surface area (Å²) in [5.41, 5.74) is 0.222. The summed E-state index contributed by atoms with van der Waals surface area (Å²) < 4.78 is 14.8. The maximum absolute atomic E-state index is 14.8. The van der Waals surface area contributed by atoms with Gasteiger partial charge in [-0.1, -0.05) is 33.6 Å². The molecule has 2 saturated heterocycles. The molecular formula is C21H31FN4O3. The molecule has 0 unspecified atom stereocenters. The number of hydrogen-bond acceptors (Lipinski definition) is 5. The minimum absolute atomic E-state index is 0.0796. The fourth-order valence-corrected chi connectivity index (χ4v) is 4.12. The van der Waals surface area contributed by atoms with Gasteiger partial charge in [0.2, 0.25) is 5.91 Å². The lowest BCUT2D eigenvalue weighted by Crippen LogP contribution is -2.51. The fraction of sp³-hybridized carbons (Fsp3) is 0.667. The molecule has 0 saturated carbocycles. The first-order valence-electron chi connectivity index (χ1n) is 10.5. The summed E-state index contributed by atoms with van der Waals surface area (Å²) in [7, 11) is 0. The molecule has 0 atom stereocenters. The lowest BCUT2D eigenvalue weighted by molar-refractivity contribution is -0.384. The van der Waals surface area contributed by atoms with Crippen molar-refractivity contribution in [2.45, 2.75) is 46.5 Å². The van der Waals surface area contributed by atoms with Gasteiger partial charge in [-0.25, -0.2) is 4.39 Å². The Kier molecular flexibility index (Phi) is 6.29. The highest BCUT2D eigenvalue weighted by molar-refractivity contribution is 5.82. The van der Waals surface area contributed by atoms with Crippen LogP contribution in [0.2, 0.25) is 0 Å². The Morgan fingerprint density at radius 2 is 1.48 bits per heavy atom. The van der Waals surface area contributed by atoms with Gasteiger partial charge in [0, 0.05) is 44.7 Å². The normalized spacial score (nSPS) is 18.6. The summed E-state index contributed by atoms with van der Waals surface area (Å²) >= 11 is 0. The topological polar surface area (TPSA) is 69.9 Å². The molecule has 1 aromatic rings. The van der Waals surface area contributed by atoms with Crippen molar-refractivity contribution in [3.05, 3.63) is 28.1 Å². The number of piperazine rings is 1. The van der Waals surface area contributed by atoms with Crippen LogP contribution in [0.15, 0.2) is 12.1 Å². The maximum atomic E-state index is 14.8. The van der Waals surface area contributed by atoms with Crippen molar-refractivity contribution in [3.8, 4) is 0 Å². The number of anilines is 2. The predicted octanol–water partition coefficient (Wildman–Crippen LogP) is 3.81. The van der Waals surface area contributed by atoms with E-state index in [0.717, 1.165) is 44.8 Å². The number of nitrogens with zero attached hydrogens (tertiary/aromatic N) is 4. The third-order valence-electron chi connectivity index (χ3n) is 5.74. The first-order valence-corrected chi connectivity index (χ1v) is 10.5. The molecule has 0 bridgehead atoms. The summed E-state index contributed by atoms with van der Waals surface area (Å²) in [5.74, 6) is -0.458. The summed E-state index contributed by atoms with van der Waals surface area (Å²) in [6.45, 7) is 9.19. The number of carbonyl (C=O) groups is 1. The molecule has 2 heterocycles. The van der Waals surface area contributed by atoms with Gasteiger partial charge in [0.25, 0.3) is 5.69 Å². The second-order valence-electron chi connectivity index (χ2n) is 8.98. The van der Waals surface area contributed by atoms with Crippen LogP contribution in [0.25, 0.3) is 0 Å². The molecule has 3 rings (SSSR count). The van der Waals surface area contributed by atoms with Crippen LogP contribution < -0.4 is 9.80 Å². The smallest absolute Gasteiger partial charge is 0.295 e. The lowest BCUT2D eigenvalue weighted by atomic mass is 9.94. The van der Waals surface area contributed by atoms with Crippen molar-refractivity contribution in [2.75, 3.05) is 49.1 Å². The van der Waals surface area contributed by atoms with Gasteiger partial charge in [0.05, 0.1) is 16.7 Å². The van der Waals surface area contributed by atoms with Crippen molar-refractivity contribution >= 4 is 23.0 Å². The summed E-state index contributed by atoms with van der Waals surface area (Å²) in [5, 5.41) is 11.6. The quantitative estimate of drug-likeness (QED) is 0.564. The molecule has 0 spiro atoms. The Morgan fingerprint density at radius 1 is 0.931 bits per heavy atom. The number of nitro benzene ring substituents is 1. The molecule has 1 amide bonds. The molecule has 0 radical (unpaired) electrons. The zero-order chi connectivity index (χ0) is 21.2. The average molecular weight is 407 g/mol. The molecule has 29 heavy (non-hydrogen) atoms. The molecule has 8 heteroatoms. The lowest BCUT2D eigenvalue weighted by Gasteiger charge is -2.38. The van der Waals surface area contributed by atoms with E-state index in [4.69, 9.17) is 0 Å². The van der Waals surface area contributed by atoms with Crippen LogP contribution in [0.3, 0.4) is 0 Å². The van der Waals surface area contributed by atoms with Crippen LogP contribution in [-0.4, -0.2) is 55.0 Å². The number of hydrogen-bond donors (Lipinski definition) is 0. The SMILES string of the molecule is CC(C)(C)C(=O)N1CCN(c2cc(N3CCCCCC3)c(F)cc2[N+](=O)[O-])CC1. The van der Waals surface area contributed by atoms with E-state index in [9.17, 15) is 19.3 Å². The number of rotatable bonds is 3. The Hall–Kier alpha value is -2.38. The highest BCUT2D eigenvalue weighted by atomic mass is 19.1. The van der Waals surface area contributed by atoms with Crippen LogP contribution in [0.5, 0.6) is 0 Å². The van der Waals surface area contributed by atoms with Crippen molar-refractivity contribution in [2.24, 2.45) is 5.41 Å². The Balaban J connectivity index is 1.85. The van der Waals surface area contributed by atoms with E-state index in [-0.39, 0.29) is 11.6 Å². The molecule has 2 aliphatic heterocycles. The molecule has 7 nitrogen and oxygen atoms in total. The van der Waals surface area contributed by atoms with E-state index < -0.39 is 16.2 Å². The van der Waals surface area contributed by atoms with Crippen LogP contribution in [0.1, 0.15) is 46.5 Å². The minimum Gasteiger partial charge on any atom is -0.369 e. The van der Waals surface area contributed by atoms with Crippen molar-refractivity contribution in [1.82, 2.24) is 4.90 Å². The fourth-order valence-electron chi connectivity index (χ4n) is 4.12. The molecule has 2 aliphatic rings. The molecule has 1 aromatic carbocycles. The van der Waals surface area contributed by atoms with E-state index in [1.165, 1.54) is 0 Å². The number of amides is 1. The van der Waals surface area contributed by atoms with E-state index in [1.807, 2.05) is 35.5 Å². The minimum atomic E-state index is -0.538. The highest BCUT2D eigenvalue weighted by Crippen LogP contribution is 2.36. The van der Waals surface area contributed by atoms with E-state index in [2.05, 4.69) is 0 Å². The van der Waals surface area contributed by atoms with Gasteiger partial charge >= 0.3 is 0 Å². The first kappa shape index (κ1) is 21.3. The molecule has 0 aliphatic carbocycles. The largest absolute Gasteiger partial charge is 0.369 e. The van der Waals surface area contributed by atoms with Gasteiger partial charge in [-0.2, -0.15) is 0 Å². The predicted molar refractivity (Wildman–Crippen MR) is 112 cm³/mol. The van der Waals surface area contributed by atoms with Crippen LogP contribution in [-0.2, 0) is 4.79 Å². The average Bonchev–Trinajstić information content (AvgIpc) is 2.96. The van der Waals surface area contributed by atoms with E-state index >= 15 is 0 Å². The Morgan fingerprint density at radius 3 is 2.00 bits per heavy atom. The third kappa shape index (κ3) is 4.79. The summed E-state index contributed by atoms with van der Waals surface area (Å²) in [4.78, 5) is 29.3. The monoisotopic (exact) mass is 406 g/mol. The zero-order valence-electron chi connectivity index (χ0n) is 17.6. The zero-order valence-corrected chi connectivity index (χ0v) is 17.6. The van der Waals surface area contributed by atoms with Crippen molar-refractivity contribution in [1.29, 1.82) is 0 Å².